The second-order valence-corrected chi connectivity index (χ2v) is 7.49. The Morgan fingerprint density at radius 3 is 2.68 bits per heavy atom. The first-order chi connectivity index (χ1) is 14.9. The number of rotatable bonds is 6. The Morgan fingerprint density at radius 2 is 1.97 bits per heavy atom. The lowest BCUT2D eigenvalue weighted by molar-refractivity contribution is -0.123. The third-order valence-electron chi connectivity index (χ3n) is 5.23. The molecule has 0 radical (unpaired) electrons. The number of amides is 3. The first-order valence-electron chi connectivity index (χ1n) is 9.71. The van der Waals surface area contributed by atoms with Gasteiger partial charge in [-0.2, -0.15) is 5.11 Å². The lowest BCUT2D eigenvalue weighted by Gasteiger charge is -2.20. The van der Waals surface area contributed by atoms with E-state index in [1.807, 2.05) is 31.2 Å². The van der Waals surface area contributed by atoms with E-state index < -0.39 is 23.9 Å². The molecular weight excluding hydrogens is 422 g/mol. The Hall–Kier alpha value is -3.46. The highest BCUT2D eigenvalue weighted by Gasteiger charge is 2.55. The number of halogens is 1. The SMILES string of the molecule is CCc1ccccc1NC(=O)CN1N=N[C@@H]2C(=O)N(c3ccc(OC)c(Cl)c3)C(=O)[C@@H]21. The molecule has 4 rings (SSSR count). The fourth-order valence-corrected chi connectivity index (χ4v) is 3.94. The van der Waals surface area contributed by atoms with Crippen LogP contribution < -0.4 is 15.0 Å². The molecule has 9 nitrogen and oxygen atoms in total. The van der Waals surface area contributed by atoms with Crippen molar-refractivity contribution in [3.8, 4) is 5.75 Å². The lowest BCUT2D eigenvalue weighted by atomic mass is 10.1. The molecule has 2 aromatic carbocycles. The molecule has 0 unspecified atom stereocenters. The summed E-state index contributed by atoms with van der Waals surface area (Å²) < 4.78 is 5.11. The highest BCUT2D eigenvalue weighted by Crippen LogP contribution is 2.35. The molecule has 3 amide bonds. The minimum absolute atomic E-state index is 0.209. The van der Waals surface area contributed by atoms with Crippen molar-refractivity contribution in [3.63, 3.8) is 0 Å². The molecule has 2 heterocycles. The average molecular weight is 442 g/mol. The topological polar surface area (TPSA) is 104 Å². The summed E-state index contributed by atoms with van der Waals surface area (Å²) in [5.41, 5.74) is 2.00. The van der Waals surface area contributed by atoms with Crippen molar-refractivity contribution in [2.24, 2.45) is 10.3 Å². The van der Waals surface area contributed by atoms with Gasteiger partial charge in [0.2, 0.25) is 5.91 Å². The van der Waals surface area contributed by atoms with Gasteiger partial charge in [0.05, 0.1) is 17.8 Å². The summed E-state index contributed by atoms with van der Waals surface area (Å²) in [6.45, 7) is 1.78. The number of benzene rings is 2. The maximum absolute atomic E-state index is 13.1. The molecular formula is C21H20ClN5O4. The Balaban J connectivity index is 1.50. The number of anilines is 2. The van der Waals surface area contributed by atoms with Crippen LogP contribution in [0.25, 0.3) is 0 Å². The van der Waals surface area contributed by atoms with Crippen LogP contribution in [0.4, 0.5) is 11.4 Å². The van der Waals surface area contributed by atoms with Crippen LogP contribution in [0.5, 0.6) is 5.75 Å². The summed E-state index contributed by atoms with van der Waals surface area (Å²) in [6, 6.07) is 10.1. The average Bonchev–Trinajstić information content (AvgIpc) is 3.27. The number of carbonyl (C=O) groups excluding carboxylic acids is 3. The Morgan fingerprint density at radius 1 is 1.19 bits per heavy atom. The van der Waals surface area contributed by atoms with E-state index in [1.54, 1.807) is 12.1 Å². The zero-order valence-corrected chi connectivity index (χ0v) is 17.7. The van der Waals surface area contributed by atoms with Crippen molar-refractivity contribution in [2.45, 2.75) is 25.4 Å². The monoisotopic (exact) mass is 441 g/mol. The number of nitrogens with zero attached hydrogens (tertiary/aromatic N) is 4. The predicted octanol–water partition coefficient (Wildman–Crippen LogP) is 2.84. The standard InChI is InChI=1S/C21H20ClN5O4/c1-3-12-6-4-5-7-15(12)23-17(28)11-26-19-18(24-25-26)20(29)27(21(19)30)13-8-9-16(31-2)14(22)10-13/h4-10,18-19H,3,11H2,1-2H3,(H,23,28)/t18-,19+/m0/s1. The van der Waals surface area contributed by atoms with Crippen LogP contribution in [0.15, 0.2) is 52.8 Å². The molecule has 160 valence electrons. The van der Waals surface area contributed by atoms with E-state index >= 15 is 0 Å². The van der Waals surface area contributed by atoms with E-state index in [1.165, 1.54) is 18.2 Å². The Kier molecular flexibility index (Phi) is 5.60. The molecule has 0 bridgehead atoms. The number of para-hydroxylation sites is 1. The Bertz CT molecular complexity index is 1090. The summed E-state index contributed by atoms with van der Waals surface area (Å²) in [6.07, 6.45) is 0.761. The van der Waals surface area contributed by atoms with Gasteiger partial charge in [-0.3, -0.25) is 19.4 Å². The van der Waals surface area contributed by atoms with Crippen molar-refractivity contribution in [1.29, 1.82) is 0 Å². The highest BCUT2D eigenvalue weighted by molar-refractivity contribution is 6.33. The van der Waals surface area contributed by atoms with Gasteiger partial charge in [0, 0.05) is 5.69 Å². The van der Waals surface area contributed by atoms with Crippen molar-refractivity contribution in [3.05, 3.63) is 53.1 Å². The molecule has 2 aromatic rings. The number of imide groups is 1. The van der Waals surface area contributed by atoms with Gasteiger partial charge in [-0.15, -0.1) is 0 Å². The molecule has 2 atom stereocenters. The van der Waals surface area contributed by atoms with Gasteiger partial charge in [-0.25, -0.2) is 4.90 Å². The van der Waals surface area contributed by atoms with Crippen molar-refractivity contribution >= 4 is 40.7 Å². The molecule has 0 spiro atoms. The van der Waals surface area contributed by atoms with Gasteiger partial charge < -0.3 is 10.1 Å². The quantitative estimate of drug-likeness (QED) is 0.694. The largest absolute Gasteiger partial charge is 0.495 e. The zero-order valence-electron chi connectivity index (χ0n) is 16.9. The smallest absolute Gasteiger partial charge is 0.263 e. The summed E-state index contributed by atoms with van der Waals surface area (Å²) in [4.78, 5) is 39.5. The van der Waals surface area contributed by atoms with Crippen LogP contribution in [0.3, 0.4) is 0 Å². The molecule has 0 aliphatic carbocycles. The van der Waals surface area contributed by atoms with Gasteiger partial charge in [-0.05, 0) is 36.2 Å². The molecule has 1 N–H and O–H groups in total. The fourth-order valence-electron chi connectivity index (χ4n) is 3.69. The van der Waals surface area contributed by atoms with Crippen LogP contribution in [-0.4, -0.2) is 48.5 Å². The maximum Gasteiger partial charge on any atom is 0.263 e. The van der Waals surface area contributed by atoms with E-state index in [0.717, 1.165) is 16.9 Å². The minimum Gasteiger partial charge on any atom is -0.495 e. The number of hydrogen-bond donors (Lipinski definition) is 1. The molecule has 1 fully saturated rings. The van der Waals surface area contributed by atoms with Crippen molar-refractivity contribution < 1.29 is 19.1 Å². The summed E-state index contributed by atoms with van der Waals surface area (Å²) in [5.74, 6) is -0.955. The van der Waals surface area contributed by atoms with Crippen LogP contribution in [0.2, 0.25) is 5.02 Å². The van der Waals surface area contributed by atoms with E-state index in [0.29, 0.717) is 17.1 Å². The molecule has 0 saturated carbocycles. The minimum atomic E-state index is -0.996. The van der Waals surface area contributed by atoms with Gasteiger partial charge in [0.15, 0.2) is 12.1 Å². The number of aryl methyl sites for hydroxylation is 1. The molecule has 10 heteroatoms. The number of ether oxygens (including phenoxy) is 1. The van der Waals surface area contributed by atoms with E-state index in [4.69, 9.17) is 16.3 Å². The number of hydrogen-bond acceptors (Lipinski definition) is 7. The molecule has 1 saturated heterocycles. The van der Waals surface area contributed by atoms with Gasteiger partial charge >= 0.3 is 0 Å². The first-order valence-corrected chi connectivity index (χ1v) is 10.1. The first kappa shape index (κ1) is 20.8. The van der Waals surface area contributed by atoms with Crippen molar-refractivity contribution in [1.82, 2.24) is 5.01 Å². The molecule has 31 heavy (non-hydrogen) atoms. The summed E-state index contributed by atoms with van der Waals surface area (Å²) in [5, 5.41) is 12.2. The maximum atomic E-state index is 13.1. The number of methoxy groups -OCH3 is 1. The fraction of sp³-hybridized carbons (Fsp3) is 0.286. The zero-order chi connectivity index (χ0) is 22.1. The van der Waals surface area contributed by atoms with Crippen LogP contribution in [-0.2, 0) is 20.8 Å². The van der Waals surface area contributed by atoms with Gasteiger partial charge in [0.25, 0.3) is 11.8 Å². The molecule has 2 aliphatic rings. The van der Waals surface area contributed by atoms with Crippen molar-refractivity contribution in [2.75, 3.05) is 23.9 Å². The van der Waals surface area contributed by atoms with Crippen LogP contribution in [0, 0.1) is 0 Å². The Labute approximate surface area is 183 Å². The van der Waals surface area contributed by atoms with Crippen LogP contribution >= 0.6 is 11.6 Å². The number of fused-ring (bicyclic) bond motifs is 1. The second-order valence-electron chi connectivity index (χ2n) is 7.08. The number of nitrogens with one attached hydrogen (secondary N) is 1. The predicted molar refractivity (Wildman–Crippen MR) is 114 cm³/mol. The van der Waals surface area contributed by atoms with Gasteiger partial charge in [0.1, 0.15) is 12.3 Å². The van der Waals surface area contributed by atoms with E-state index in [2.05, 4.69) is 15.7 Å². The third kappa shape index (κ3) is 3.72. The molecule has 0 aromatic heterocycles. The highest BCUT2D eigenvalue weighted by atomic mass is 35.5. The van der Waals surface area contributed by atoms with E-state index in [9.17, 15) is 14.4 Å². The summed E-state index contributed by atoms with van der Waals surface area (Å²) >= 11 is 6.14. The summed E-state index contributed by atoms with van der Waals surface area (Å²) in [7, 11) is 1.47. The second kappa shape index (κ2) is 8.35. The van der Waals surface area contributed by atoms with Crippen LogP contribution in [0.1, 0.15) is 12.5 Å². The molecule has 2 aliphatic heterocycles. The normalized spacial score (nSPS) is 19.7. The number of carbonyl (C=O) groups is 3. The lowest BCUT2D eigenvalue weighted by Crippen LogP contribution is -2.43. The third-order valence-corrected chi connectivity index (χ3v) is 5.52. The van der Waals surface area contributed by atoms with Gasteiger partial charge in [-0.1, -0.05) is 41.9 Å². The van der Waals surface area contributed by atoms with E-state index in [-0.39, 0.29) is 17.5 Å².